The molecule has 10 aromatic rings. The Kier molecular flexibility index (Phi) is 10.0. The second-order valence-corrected chi connectivity index (χ2v) is 24.7. The Morgan fingerprint density at radius 1 is 0.419 bits per heavy atom. The number of nitrogens with zero attached hydrogens (tertiary/aromatic N) is 3. The zero-order chi connectivity index (χ0) is 51.2. The van der Waals surface area contributed by atoms with Crippen molar-refractivity contribution in [2.45, 2.75) is 97.8 Å². The van der Waals surface area contributed by atoms with Gasteiger partial charge in [-0.15, -0.1) is 0 Å². The summed E-state index contributed by atoms with van der Waals surface area (Å²) >= 11 is 0. The molecule has 0 radical (unpaired) electrons. The summed E-state index contributed by atoms with van der Waals surface area (Å²) < 4.78 is 6.60. The fraction of sp³-hybridized carbons (Fsp3) is 0.217. The summed E-state index contributed by atoms with van der Waals surface area (Å²) in [4.78, 5) is 7.59. The number of hydrogen-bond acceptors (Lipinski definition) is 4. The molecule has 0 bridgehead atoms. The molecular weight excluding hydrogens is 898 g/mol. The summed E-state index contributed by atoms with van der Waals surface area (Å²) in [5.41, 5.74) is 25.0. The van der Waals surface area contributed by atoms with Gasteiger partial charge in [-0.2, -0.15) is 0 Å². The van der Waals surface area contributed by atoms with Crippen molar-refractivity contribution in [3.8, 4) is 11.1 Å². The van der Waals surface area contributed by atoms with Crippen LogP contribution in [0, 0.1) is 0 Å². The summed E-state index contributed by atoms with van der Waals surface area (Å²) in [5, 5.41) is 2.24. The molecule has 9 aromatic carbocycles. The van der Waals surface area contributed by atoms with Gasteiger partial charge < -0.3 is 19.1 Å². The van der Waals surface area contributed by atoms with Gasteiger partial charge in [0, 0.05) is 56.3 Å². The van der Waals surface area contributed by atoms with Gasteiger partial charge in [-0.05, 0) is 157 Å². The molecule has 0 spiro atoms. The van der Waals surface area contributed by atoms with Crippen LogP contribution in [-0.4, -0.2) is 6.71 Å². The predicted octanol–water partition coefficient (Wildman–Crippen LogP) is 17.3. The fourth-order valence-electron chi connectivity index (χ4n) is 12.5. The van der Waals surface area contributed by atoms with Crippen LogP contribution in [0.15, 0.2) is 192 Å². The molecule has 0 fully saturated rings. The van der Waals surface area contributed by atoms with E-state index in [1.54, 1.807) is 0 Å². The Morgan fingerprint density at radius 3 is 1.80 bits per heavy atom. The zero-order valence-corrected chi connectivity index (χ0v) is 44.7. The van der Waals surface area contributed by atoms with Crippen LogP contribution < -0.4 is 31.1 Å². The van der Waals surface area contributed by atoms with E-state index in [1.165, 1.54) is 78.1 Å². The summed E-state index contributed by atoms with van der Waals surface area (Å²) in [6.07, 6.45) is 0. The third-order valence-electron chi connectivity index (χ3n) is 16.5. The predicted molar refractivity (Wildman–Crippen MR) is 316 cm³/mol. The average molecular weight is 962 g/mol. The minimum atomic E-state index is -0.180. The molecule has 0 atom stereocenters. The maximum Gasteiger partial charge on any atom is 0.252 e. The van der Waals surface area contributed by atoms with Crippen LogP contribution in [0.1, 0.15) is 104 Å². The Hall–Kier alpha value is -7.76. The average Bonchev–Trinajstić information content (AvgIpc) is 3.87. The highest BCUT2D eigenvalue weighted by Crippen LogP contribution is 2.53. The molecule has 364 valence electrons. The van der Waals surface area contributed by atoms with Crippen molar-refractivity contribution >= 4 is 96.2 Å². The molecule has 0 saturated heterocycles. The molecule has 0 saturated carbocycles. The normalized spacial score (nSPS) is 14.4. The maximum atomic E-state index is 6.60. The number of rotatable bonds is 5. The number of anilines is 9. The van der Waals surface area contributed by atoms with Crippen LogP contribution in [0.25, 0.3) is 33.1 Å². The van der Waals surface area contributed by atoms with Crippen molar-refractivity contribution in [2.24, 2.45) is 0 Å². The van der Waals surface area contributed by atoms with Crippen LogP contribution in [0.5, 0.6) is 0 Å². The maximum absolute atomic E-state index is 6.60. The van der Waals surface area contributed by atoms with Crippen LogP contribution in [0.2, 0.25) is 0 Å². The Bertz CT molecular complexity index is 3910. The molecule has 0 amide bonds. The van der Waals surface area contributed by atoms with Gasteiger partial charge in [0.25, 0.3) is 6.71 Å². The monoisotopic (exact) mass is 962 g/mol. The second kappa shape index (κ2) is 16.1. The first-order valence-electron chi connectivity index (χ1n) is 26.5. The largest absolute Gasteiger partial charge is 0.456 e. The molecule has 1 aliphatic carbocycles. The smallest absolute Gasteiger partial charge is 0.252 e. The van der Waals surface area contributed by atoms with Crippen molar-refractivity contribution in [3.05, 3.63) is 216 Å². The van der Waals surface area contributed by atoms with E-state index in [9.17, 15) is 0 Å². The molecule has 3 aliphatic rings. The van der Waals surface area contributed by atoms with E-state index in [0.717, 1.165) is 50.4 Å². The van der Waals surface area contributed by atoms with E-state index in [2.05, 4.69) is 279 Å². The van der Waals surface area contributed by atoms with Gasteiger partial charge in [-0.3, -0.25) is 0 Å². The Morgan fingerprint density at radius 2 is 1.03 bits per heavy atom. The Labute approximate surface area is 438 Å². The summed E-state index contributed by atoms with van der Waals surface area (Å²) in [6, 6.07) is 71.2. The highest BCUT2D eigenvalue weighted by atomic mass is 16.3. The van der Waals surface area contributed by atoms with Crippen molar-refractivity contribution < 1.29 is 4.42 Å². The lowest BCUT2D eigenvalue weighted by Gasteiger charge is -2.45. The summed E-state index contributed by atoms with van der Waals surface area (Å²) in [7, 11) is 0. The fourth-order valence-corrected chi connectivity index (χ4v) is 12.5. The van der Waals surface area contributed by atoms with Gasteiger partial charge >= 0.3 is 0 Å². The first-order chi connectivity index (χ1) is 35.4. The highest BCUT2D eigenvalue weighted by molar-refractivity contribution is 7.00. The lowest BCUT2D eigenvalue weighted by Crippen LogP contribution is -2.61. The van der Waals surface area contributed by atoms with E-state index in [-0.39, 0.29) is 28.4 Å². The molecule has 3 heterocycles. The van der Waals surface area contributed by atoms with Crippen LogP contribution >= 0.6 is 0 Å². The minimum absolute atomic E-state index is 0.0252. The van der Waals surface area contributed by atoms with E-state index in [0.29, 0.717) is 0 Å². The molecule has 0 unspecified atom stereocenters. The van der Waals surface area contributed by atoms with Crippen molar-refractivity contribution in [2.75, 3.05) is 14.7 Å². The molecule has 1 aromatic heterocycles. The highest BCUT2D eigenvalue weighted by Gasteiger charge is 2.45. The van der Waals surface area contributed by atoms with Crippen LogP contribution in [-0.2, 0) is 21.7 Å². The molecule has 74 heavy (non-hydrogen) atoms. The zero-order valence-electron chi connectivity index (χ0n) is 44.7. The van der Waals surface area contributed by atoms with Crippen LogP contribution in [0.3, 0.4) is 0 Å². The Balaban J connectivity index is 1.10. The quantitative estimate of drug-likeness (QED) is 0.160. The van der Waals surface area contributed by atoms with Crippen molar-refractivity contribution in [1.29, 1.82) is 0 Å². The van der Waals surface area contributed by atoms with Gasteiger partial charge in [-0.25, -0.2) is 0 Å². The minimum Gasteiger partial charge on any atom is -0.456 e. The van der Waals surface area contributed by atoms with Crippen molar-refractivity contribution in [1.82, 2.24) is 0 Å². The summed E-state index contributed by atoms with van der Waals surface area (Å²) in [6.45, 7) is 25.5. The van der Waals surface area contributed by atoms with E-state index in [4.69, 9.17) is 4.42 Å². The number of hydrogen-bond donors (Lipinski definition) is 0. The molecular formula is C69H64BN3O. The molecule has 13 rings (SSSR count). The van der Waals surface area contributed by atoms with Gasteiger partial charge in [0.15, 0.2) is 0 Å². The third-order valence-corrected chi connectivity index (χ3v) is 16.5. The van der Waals surface area contributed by atoms with Gasteiger partial charge in [0.2, 0.25) is 0 Å². The number of benzene rings is 9. The van der Waals surface area contributed by atoms with Gasteiger partial charge in [0.1, 0.15) is 11.2 Å². The lowest BCUT2D eigenvalue weighted by molar-refractivity contribution is 0.590. The van der Waals surface area contributed by atoms with E-state index in [1.807, 2.05) is 0 Å². The van der Waals surface area contributed by atoms with E-state index >= 15 is 0 Å². The standard InChI is InChI=1S/C69H64BN3O/c1-66(2,3)43-29-32-46(33-30-43)71(47-20-16-19-44(39-47)67(4,5)6)49-35-37-55-61(42-49)72(48-34-36-51-50-21-12-14-23-53(50)69(10,11)54(51)41-48)59-25-17-26-60-65(59)70(55)56-40-45(68(7,8)9)31-38-57(56)73(60)58-24-18-28-63-64(58)52-22-13-15-27-62(52)74-63/h12-42H,1-11H3. The van der Waals surface area contributed by atoms with Gasteiger partial charge in [0.05, 0.1) is 11.1 Å². The summed E-state index contributed by atoms with van der Waals surface area (Å²) in [5.74, 6) is 0. The third kappa shape index (κ3) is 7.03. The second-order valence-electron chi connectivity index (χ2n) is 24.7. The molecule has 4 nitrogen and oxygen atoms in total. The number of para-hydroxylation sites is 1. The van der Waals surface area contributed by atoms with Crippen molar-refractivity contribution in [3.63, 3.8) is 0 Å². The lowest BCUT2D eigenvalue weighted by atomic mass is 9.33. The molecule has 5 heteroatoms. The van der Waals surface area contributed by atoms with Crippen LogP contribution in [0.4, 0.5) is 51.2 Å². The topological polar surface area (TPSA) is 22.9 Å². The molecule has 0 N–H and O–H groups in total. The van der Waals surface area contributed by atoms with Gasteiger partial charge in [-0.1, -0.05) is 179 Å². The SMILES string of the molecule is CC(C)(C)c1ccc(N(c2cccc(C(C)(C)C)c2)c2ccc3c(c2)N(c2ccc4c(c2)C(C)(C)c2ccccc2-4)c2cccc4c2B3c2cc(C(C)(C)C)ccc2N4c2cccc3oc4ccccc4c23)cc1. The number of fused-ring (bicyclic) bond motifs is 10. The first kappa shape index (κ1) is 46.1. The van der Waals surface area contributed by atoms with E-state index < -0.39 is 0 Å². The first-order valence-corrected chi connectivity index (χ1v) is 26.5. The molecule has 2 aliphatic heterocycles. The number of furan rings is 1.